The Morgan fingerprint density at radius 3 is 2.83 bits per heavy atom. The lowest BCUT2D eigenvalue weighted by atomic mass is 9.97. The molecule has 1 aliphatic heterocycles. The van der Waals surface area contributed by atoms with Crippen molar-refractivity contribution in [1.82, 2.24) is 4.98 Å². The summed E-state index contributed by atoms with van der Waals surface area (Å²) in [5.74, 6) is 0.678. The van der Waals surface area contributed by atoms with Crippen LogP contribution in [0.1, 0.15) is 18.9 Å². The van der Waals surface area contributed by atoms with E-state index in [2.05, 4.69) is 23.7 Å². The highest BCUT2D eigenvalue weighted by atomic mass is 19.1. The van der Waals surface area contributed by atoms with Gasteiger partial charge < -0.3 is 10.6 Å². The van der Waals surface area contributed by atoms with Crippen LogP contribution in [0.2, 0.25) is 0 Å². The van der Waals surface area contributed by atoms with Gasteiger partial charge in [-0.25, -0.2) is 9.37 Å². The lowest BCUT2D eigenvalue weighted by Crippen LogP contribution is -2.27. The van der Waals surface area contributed by atoms with Gasteiger partial charge in [0, 0.05) is 24.7 Å². The maximum Gasteiger partial charge on any atom is 0.152 e. The molecule has 0 amide bonds. The molecule has 1 saturated heterocycles. The highest BCUT2D eigenvalue weighted by molar-refractivity contribution is 5.85. The van der Waals surface area contributed by atoms with Crippen molar-refractivity contribution in [2.45, 2.75) is 25.4 Å². The summed E-state index contributed by atoms with van der Waals surface area (Å²) in [5, 5.41) is 0. The predicted molar refractivity (Wildman–Crippen MR) is 94.3 cm³/mol. The molecule has 120 valence electrons. The molecule has 1 aromatic carbocycles. The van der Waals surface area contributed by atoms with Gasteiger partial charge >= 0.3 is 0 Å². The van der Waals surface area contributed by atoms with Gasteiger partial charge in [0.15, 0.2) is 5.82 Å². The van der Waals surface area contributed by atoms with Crippen LogP contribution >= 0.6 is 0 Å². The maximum atomic E-state index is 14.1. The van der Waals surface area contributed by atoms with Gasteiger partial charge in [-0.05, 0) is 30.5 Å². The SMILES string of the molecule is C=CCc1ccccc1-c1ccnc(N2CCC(C)(F)C2)c1N. The topological polar surface area (TPSA) is 42.2 Å². The third-order valence-electron chi connectivity index (χ3n) is 4.36. The second-order valence-corrected chi connectivity index (χ2v) is 6.33. The summed E-state index contributed by atoms with van der Waals surface area (Å²) < 4.78 is 14.1. The fourth-order valence-electron chi connectivity index (χ4n) is 3.17. The molecule has 0 saturated carbocycles. The number of benzene rings is 1. The molecular weight excluding hydrogens is 289 g/mol. The highest BCUT2D eigenvalue weighted by Gasteiger charge is 2.35. The van der Waals surface area contributed by atoms with Crippen LogP contribution in [-0.4, -0.2) is 23.7 Å². The lowest BCUT2D eigenvalue weighted by molar-refractivity contribution is 0.221. The van der Waals surface area contributed by atoms with Gasteiger partial charge in [0.2, 0.25) is 0 Å². The number of allylic oxidation sites excluding steroid dienone is 1. The van der Waals surface area contributed by atoms with Crippen LogP contribution in [0, 0.1) is 0 Å². The van der Waals surface area contributed by atoms with Crippen LogP contribution in [0.25, 0.3) is 11.1 Å². The third-order valence-corrected chi connectivity index (χ3v) is 4.36. The summed E-state index contributed by atoms with van der Waals surface area (Å²) in [6.07, 6.45) is 4.91. The van der Waals surface area contributed by atoms with E-state index in [0.717, 1.165) is 17.5 Å². The number of nitrogens with zero attached hydrogens (tertiary/aromatic N) is 2. The van der Waals surface area contributed by atoms with Gasteiger partial charge in [-0.3, -0.25) is 0 Å². The average Bonchev–Trinajstić information content (AvgIpc) is 2.89. The number of hydrogen-bond donors (Lipinski definition) is 1. The van der Waals surface area contributed by atoms with E-state index in [1.807, 2.05) is 29.2 Å². The van der Waals surface area contributed by atoms with Crippen molar-refractivity contribution in [3.05, 3.63) is 54.7 Å². The Labute approximate surface area is 136 Å². The quantitative estimate of drug-likeness (QED) is 0.868. The largest absolute Gasteiger partial charge is 0.395 e. The van der Waals surface area contributed by atoms with E-state index in [4.69, 9.17) is 5.73 Å². The zero-order chi connectivity index (χ0) is 16.4. The maximum absolute atomic E-state index is 14.1. The number of aromatic nitrogens is 1. The van der Waals surface area contributed by atoms with Crippen molar-refractivity contribution in [3.63, 3.8) is 0 Å². The van der Waals surface area contributed by atoms with Crippen molar-refractivity contribution < 1.29 is 4.39 Å². The first kappa shape index (κ1) is 15.5. The minimum Gasteiger partial charge on any atom is -0.395 e. The van der Waals surface area contributed by atoms with Crippen LogP contribution in [0.15, 0.2) is 49.2 Å². The molecule has 2 aromatic rings. The van der Waals surface area contributed by atoms with Crippen LogP contribution in [-0.2, 0) is 6.42 Å². The molecule has 3 nitrogen and oxygen atoms in total. The van der Waals surface area contributed by atoms with E-state index >= 15 is 0 Å². The number of halogens is 1. The second-order valence-electron chi connectivity index (χ2n) is 6.33. The number of pyridine rings is 1. The minimum atomic E-state index is -1.18. The number of rotatable bonds is 4. The first-order valence-electron chi connectivity index (χ1n) is 7.89. The summed E-state index contributed by atoms with van der Waals surface area (Å²) in [5.41, 5.74) is 9.03. The monoisotopic (exact) mass is 311 g/mol. The molecule has 2 heterocycles. The Morgan fingerprint density at radius 1 is 1.35 bits per heavy atom. The number of nitrogen functional groups attached to an aromatic ring is 1. The Hall–Kier alpha value is -2.36. The van der Waals surface area contributed by atoms with Crippen molar-refractivity contribution in [1.29, 1.82) is 0 Å². The molecule has 4 heteroatoms. The van der Waals surface area contributed by atoms with Crippen LogP contribution in [0.5, 0.6) is 0 Å². The molecule has 23 heavy (non-hydrogen) atoms. The molecule has 0 bridgehead atoms. The molecule has 1 aliphatic rings. The Bertz CT molecular complexity index is 724. The summed E-state index contributed by atoms with van der Waals surface area (Å²) >= 11 is 0. The van der Waals surface area contributed by atoms with Gasteiger partial charge in [0.05, 0.1) is 12.2 Å². The predicted octanol–water partition coefficient (Wildman–Crippen LogP) is 4.00. The molecule has 0 radical (unpaired) electrons. The van der Waals surface area contributed by atoms with E-state index < -0.39 is 5.67 Å². The first-order valence-corrected chi connectivity index (χ1v) is 7.89. The van der Waals surface area contributed by atoms with Crippen molar-refractivity contribution in [2.24, 2.45) is 0 Å². The van der Waals surface area contributed by atoms with Gasteiger partial charge in [-0.1, -0.05) is 30.3 Å². The van der Waals surface area contributed by atoms with Crippen LogP contribution in [0.4, 0.5) is 15.9 Å². The summed E-state index contributed by atoms with van der Waals surface area (Å²) in [4.78, 5) is 6.34. The van der Waals surface area contributed by atoms with Crippen molar-refractivity contribution >= 4 is 11.5 Å². The highest BCUT2D eigenvalue weighted by Crippen LogP contribution is 2.37. The summed E-state index contributed by atoms with van der Waals surface area (Å²) in [6.45, 7) is 6.42. The van der Waals surface area contributed by atoms with E-state index in [0.29, 0.717) is 31.0 Å². The van der Waals surface area contributed by atoms with E-state index in [-0.39, 0.29) is 0 Å². The normalized spacial score (nSPS) is 20.7. The zero-order valence-electron chi connectivity index (χ0n) is 13.4. The summed E-state index contributed by atoms with van der Waals surface area (Å²) in [7, 11) is 0. The van der Waals surface area contributed by atoms with Crippen molar-refractivity contribution in [2.75, 3.05) is 23.7 Å². The molecule has 0 aliphatic carbocycles. The first-order chi connectivity index (χ1) is 11.0. The Kier molecular flexibility index (Phi) is 4.07. The average molecular weight is 311 g/mol. The van der Waals surface area contributed by atoms with Gasteiger partial charge in [-0.15, -0.1) is 6.58 Å². The Balaban J connectivity index is 2.03. The molecule has 3 rings (SSSR count). The van der Waals surface area contributed by atoms with Crippen LogP contribution in [0.3, 0.4) is 0 Å². The van der Waals surface area contributed by atoms with E-state index in [1.165, 1.54) is 5.56 Å². The second kappa shape index (κ2) is 6.03. The number of hydrogen-bond acceptors (Lipinski definition) is 3. The molecule has 1 fully saturated rings. The van der Waals surface area contributed by atoms with Gasteiger partial charge in [0.1, 0.15) is 5.67 Å². The standard InChI is InChI=1S/C19H22FN3/c1-3-6-14-7-4-5-8-15(14)16-9-11-22-18(17(16)21)23-12-10-19(2,20)13-23/h3-5,7-9,11H,1,6,10,12-13,21H2,2H3. The minimum absolute atomic E-state index is 0.335. The smallest absolute Gasteiger partial charge is 0.152 e. The lowest BCUT2D eigenvalue weighted by Gasteiger charge is -2.22. The van der Waals surface area contributed by atoms with Gasteiger partial charge in [-0.2, -0.15) is 0 Å². The summed E-state index contributed by atoms with van der Waals surface area (Å²) in [6, 6.07) is 10.1. The van der Waals surface area contributed by atoms with Gasteiger partial charge in [0.25, 0.3) is 0 Å². The molecule has 2 N–H and O–H groups in total. The number of nitrogens with two attached hydrogens (primary N) is 1. The molecule has 1 unspecified atom stereocenters. The molecule has 1 atom stereocenters. The zero-order valence-corrected chi connectivity index (χ0v) is 13.4. The number of anilines is 2. The third kappa shape index (κ3) is 3.07. The molecule has 1 aromatic heterocycles. The van der Waals surface area contributed by atoms with Crippen LogP contribution < -0.4 is 10.6 Å². The fraction of sp³-hybridized carbons (Fsp3) is 0.316. The number of alkyl halides is 1. The van der Waals surface area contributed by atoms with E-state index in [1.54, 1.807) is 13.1 Å². The van der Waals surface area contributed by atoms with Crippen molar-refractivity contribution in [3.8, 4) is 11.1 Å². The molecular formula is C19H22FN3. The Morgan fingerprint density at radius 2 is 2.13 bits per heavy atom. The van der Waals surface area contributed by atoms with E-state index in [9.17, 15) is 4.39 Å². The fourth-order valence-corrected chi connectivity index (χ4v) is 3.17. The molecule has 0 spiro atoms.